The van der Waals surface area contributed by atoms with Crippen molar-refractivity contribution in [3.8, 4) is 0 Å². The summed E-state index contributed by atoms with van der Waals surface area (Å²) in [7, 11) is -7.05. The smallest absolute Gasteiger partial charge is 0.183 e. The van der Waals surface area contributed by atoms with E-state index in [0.29, 0.717) is 26.3 Å². The maximum atomic E-state index is 13.1. The minimum atomic E-state index is -3.69. The van der Waals surface area contributed by atoms with Crippen LogP contribution in [0.3, 0.4) is 0 Å². The molecule has 0 spiro atoms. The van der Waals surface area contributed by atoms with Crippen LogP contribution < -0.4 is 0 Å². The van der Waals surface area contributed by atoms with E-state index in [1.807, 2.05) is 11.8 Å². The number of aryl methyl sites for hydroxylation is 1. The third kappa shape index (κ3) is 3.51. The predicted octanol–water partition coefficient (Wildman–Crippen LogP) is 0.521. The van der Waals surface area contributed by atoms with E-state index in [4.69, 9.17) is 4.74 Å². The van der Waals surface area contributed by atoms with Gasteiger partial charge in [0.05, 0.1) is 34.9 Å². The van der Waals surface area contributed by atoms with Crippen LogP contribution in [0.1, 0.15) is 12.5 Å². The monoisotopic (exact) mass is 373 g/mol. The number of ether oxygens (including phenoxy) is 1. The molecule has 24 heavy (non-hydrogen) atoms. The summed E-state index contributed by atoms with van der Waals surface area (Å²) >= 11 is 0. The molecule has 2 saturated heterocycles. The molecule has 8 heteroatoms. The van der Waals surface area contributed by atoms with E-state index < -0.39 is 31.0 Å². The van der Waals surface area contributed by atoms with Gasteiger partial charge in [-0.1, -0.05) is 19.1 Å². The normalized spacial score (nSPS) is 28.0. The van der Waals surface area contributed by atoms with Crippen molar-refractivity contribution in [1.82, 2.24) is 4.90 Å². The molecule has 0 aliphatic carbocycles. The minimum Gasteiger partial charge on any atom is -0.379 e. The largest absolute Gasteiger partial charge is 0.379 e. The van der Waals surface area contributed by atoms with E-state index in [1.54, 1.807) is 24.3 Å². The number of benzene rings is 1. The fourth-order valence-electron chi connectivity index (χ4n) is 3.43. The molecular formula is C16H23NO5S2. The molecular weight excluding hydrogens is 350 g/mol. The molecule has 0 aromatic heterocycles. The Kier molecular flexibility index (Phi) is 5.01. The van der Waals surface area contributed by atoms with E-state index in [-0.39, 0.29) is 16.4 Å². The molecule has 0 amide bonds. The maximum absolute atomic E-state index is 13.1. The van der Waals surface area contributed by atoms with E-state index >= 15 is 0 Å². The second-order valence-electron chi connectivity index (χ2n) is 6.37. The highest BCUT2D eigenvalue weighted by molar-refractivity contribution is 7.96. The summed E-state index contributed by atoms with van der Waals surface area (Å²) in [6, 6.07) is 6.28. The third-order valence-corrected chi connectivity index (χ3v) is 8.98. The summed E-state index contributed by atoms with van der Waals surface area (Å²) in [4.78, 5) is 2.16. The summed E-state index contributed by atoms with van der Waals surface area (Å²) in [6.45, 7) is 4.16. The zero-order valence-electron chi connectivity index (χ0n) is 13.7. The molecule has 2 heterocycles. The molecule has 2 aliphatic rings. The average Bonchev–Trinajstić information content (AvgIpc) is 2.92. The summed E-state index contributed by atoms with van der Waals surface area (Å²) in [5.41, 5.74) is 1.05. The molecule has 2 aliphatic heterocycles. The molecule has 2 atom stereocenters. The van der Waals surface area contributed by atoms with Gasteiger partial charge in [-0.25, -0.2) is 16.8 Å². The van der Waals surface area contributed by atoms with E-state index in [0.717, 1.165) is 12.0 Å². The lowest BCUT2D eigenvalue weighted by atomic mass is 10.2. The van der Waals surface area contributed by atoms with Gasteiger partial charge in [-0.3, -0.25) is 4.90 Å². The van der Waals surface area contributed by atoms with Crippen LogP contribution in [-0.4, -0.2) is 70.8 Å². The first kappa shape index (κ1) is 17.8. The van der Waals surface area contributed by atoms with Gasteiger partial charge in [-0.15, -0.1) is 0 Å². The number of nitrogens with zero attached hydrogens (tertiary/aromatic N) is 1. The van der Waals surface area contributed by atoms with E-state index in [1.165, 1.54) is 0 Å². The van der Waals surface area contributed by atoms with Crippen molar-refractivity contribution in [1.29, 1.82) is 0 Å². The van der Waals surface area contributed by atoms with Crippen LogP contribution in [0.15, 0.2) is 29.2 Å². The first-order chi connectivity index (χ1) is 11.3. The lowest BCUT2D eigenvalue weighted by Gasteiger charge is -2.34. The zero-order valence-corrected chi connectivity index (χ0v) is 15.4. The average molecular weight is 373 g/mol. The number of hydrogen-bond donors (Lipinski definition) is 0. The topological polar surface area (TPSA) is 80.8 Å². The molecule has 134 valence electrons. The van der Waals surface area contributed by atoms with Crippen LogP contribution in [-0.2, 0) is 30.8 Å². The Labute approximate surface area is 143 Å². The Morgan fingerprint density at radius 1 is 1.12 bits per heavy atom. The molecule has 0 radical (unpaired) electrons. The van der Waals surface area contributed by atoms with Crippen molar-refractivity contribution in [2.45, 2.75) is 29.5 Å². The molecule has 3 rings (SSSR count). The quantitative estimate of drug-likeness (QED) is 0.765. The first-order valence-corrected chi connectivity index (χ1v) is 11.6. The molecule has 2 fully saturated rings. The Bertz CT molecular complexity index is 780. The highest BCUT2D eigenvalue weighted by Gasteiger charge is 2.48. The summed E-state index contributed by atoms with van der Waals surface area (Å²) < 4.78 is 55.7. The van der Waals surface area contributed by atoms with Crippen LogP contribution in [0.5, 0.6) is 0 Å². The summed E-state index contributed by atoms with van der Waals surface area (Å²) in [5.74, 6) is -0.392. The Morgan fingerprint density at radius 2 is 1.75 bits per heavy atom. The minimum absolute atomic E-state index is 0.0933. The molecule has 6 nitrogen and oxygen atoms in total. The van der Waals surface area contributed by atoms with Crippen molar-refractivity contribution in [2.24, 2.45) is 0 Å². The Hall–Kier alpha value is -0.960. The molecule has 0 bridgehead atoms. The fraction of sp³-hybridized carbons (Fsp3) is 0.625. The Morgan fingerprint density at radius 3 is 2.33 bits per heavy atom. The van der Waals surface area contributed by atoms with E-state index in [2.05, 4.69) is 0 Å². The van der Waals surface area contributed by atoms with Crippen molar-refractivity contribution in [3.63, 3.8) is 0 Å². The second-order valence-corrected chi connectivity index (χ2v) is 10.7. The highest BCUT2D eigenvalue weighted by atomic mass is 32.2. The first-order valence-electron chi connectivity index (χ1n) is 8.18. The van der Waals surface area contributed by atoms with Gasteiger partial charge in [-0.05, 0) is 24.1 Å². The Balaban J connectivity index is 1.93. The summed E-state index contributed by atoms with van der Waals surface area (Å²) in [5, 5.41) is -0.909. The van der Waals surface area contributed by atoms with Crippen molar-refractivity contribution >= 4 is 19.7 Å². The van der Waals surface area contributed by atoms with Gasteiger partial charge in [-0.2, -0.15) is 0 Å². The zero-order chi connectivity index (χ0) is 17.4. The second kappa shape index (κ2) is 6.74. The van der Waals surface area contributed by atoms with Crippen LogP contribution in [0, 0.1) is 0 Å². The molecule has 1 aromatic carbocycles. The van der Waals surface area contributed by atoms with Gasteiger partial charge in [0.15, 0.2) is 19.7 Å². The van der Waals surface area contributed by atoms with Crippen LogP contribution in [0.2, 0.25) is 0 Å². The molecule has 1 aromatic rings. The predicted molar refractivity (Wildman–Crippen MR) is 91.6 cm³/mol. The van der Waals surface area contributed by atoms with E-state index in [9.17, 15) is 16.8 Å². The standard InChI is InChI=1S/C16H23NO5S2/c1-2-13-3-5-14(6-4-13)24(20,21)16-12-23(18,19)11-15(16)17-7-9-22-10-8-17/h3-6,15-16H,2,7-12H2,1H3. The van der Waals surface area contributed by atoms with Crippen LogP contribution in [0.4, 0.5) is 0 Å². The van der Waals surface area contributed by atoms with Crippen molar-refractivity contribution in [2.75, 3.05) is 37.8 Å². The maximum Gasteiger partial charge on any atom is 0.183 e. The third-order valence-electron chi connectivity index (χ3n) is 4.85. The number of hydrogen-bond acceptors (Lipinski definition) is 6. The fourth-order valence-corrected chi connectivity index (χ4v) is 8.26. The highest BCUT2D eigenvalue weighted by Crippen LogP contribution is 2.29. The van der Waals surface area contributed by atoms with Crippen molar-refractivity contribution < 1.29 is 21.6 Å². The SMILES string of the molecule is CCc1ccc(S(=O)(=O)C2CS(=O)(=O)CC2N2CCOCC2)cc1. The number of sulfone groups is 2. The van der Waals surface area contributed by atoms with Crippen LogP contribution in [0.25, 0.3) is 0 Å². The lowest BCUT2D eigenvalue weighted by Crippen LogP contribution is -2.50. The molecule has 0 N–H and O–H groups in total. The van der Waals surface area contributed by atoms with Gasteiger partial charge in [0.25, 0.3) is 0 Å². The molecule has 0 saturated carbocycles. The van der Waals surface area contributed by atoms with Gasteiger partial charge in [0.2, 0.25) is 0 Å². The number of morpholine rings is 1. The number of rotatable bonds is 4. The van der Waals surface area contributed by atoms with Crippen LogP contribution >= 0.6 is 0 Å². The van der Waals surface area contributed by atoms with Gasteiger partial charge in [0.1, 0.15) is 0 Å². The lowest BCUT2D eigenvalue weighted by molar-refractivity contribution is 0.0222. The van der Waals surface area contributed by atoms with Gasteiger partial charge >= 0.3 is 0 Å². The molecule has 2 unspecified atom stereocenters. The van der Waals surface area contributed by atoms with Gasteiger partial charge < -0.3 is 4.74 Å². The summed E-state index contributed by atoms with van der Waals surface area (Å²) in [6.07, 6.45) is 0.828. The van der Waals surface area contributed by atoms with Gasteiger partial charge in [0, 0.05) is 19.1 Å². The van der Waals surface area contributed by atoms with Crippen molar-refractivity contribution in [3.05, 3.63) is 29.8 Å².